The van der Waals surface area contributed by atoms with Gasteiger partial charge in [-0.15, -0.1) is 0 Å². The molecule has 0 saturated carbocycles. The maximum absolute atomic E-state index is 12.7. The molecule has 118 valence electrons. The van der Waals surface area contributed by atoms with Gasteiger partial charge in [0.05, 0.1) is 0 Å². The van der Waals surface area contributed by atoms with Crippen LogP contribution in [0.25, 0.3) is 0 Å². The molecule has 1 saturated heterocycles. The molecule has 1 aromatic heterocycles. The Labute approximate surface area is 129 Å². The molecule has 0 atom stereocenters. The molecule has 22 heavy (non-hydrogen) atoms. The summed E-state index contributed by atoms with van der Waals surface area (Å²) >= 11 is 0. The van der Waals surface area contributed by atoms with Crippen molar-refractivity contribution in [3.8, 4) is 0 Å². The van der Waals surface area contributed by atoms with E-state index in [1.165, 1.54) is 15.9 Å². The molecule has 1 aliphatic rings. The molecule has 2 amide bonds. The van der Waals surface area contributed by atoms with Crippen LogP contribution >= 0.6 is 0 Å². The number of carbonyl (C=O) groups excluding carboxylic acids is 3. The van der Waals surface area contributed by atoms with Crippen molar-refractivity contribution in [2.24, 2.45) is 0 Å². The van der Waals surface area contributed by atoms with E-state index in [2.05, 4.69) is 6.58 Å². The van der Waals surface area contributed by atoms with Gasteiger partial charge in [-0.1, -0.05) is 6.58 Å². The summed E-state index contributed by atoms with van der Waals surface area (Å²) in [5.41, 5.74) is -0.959. The maximum atomic E-state index is 12.7. The van der Waals surface area contributed by atoms with Crippen molar-refractivity contribution < 1.29 is 18.8 Å². The van der Waals surface area contributed by atoms with Gasteiger partial charge in [0, 0.05) is 32.0 Å². The summed E-state index contributed by atoms with van der Waals surface area (Å²) in [6, 6.07) is 3.49. The van der Waals surface area contributed by atoms with Crippen molar-refractivity contribution in [2.45, 2.75) is 32.2 Å². The normalized spacial score (nSPS) is 17.5. The highest BCUT2D eigenvalue weighted by Crippen LogP contribution is 2.28. The number of anilines is 1. The smallest absolute Gasteiger partial charge is 0.254 e. The second-order valence-electron chi connectivity index (χ2n) is 5.66. The molecule has 0 bridgehead atoms. The van der Waals surface area contributed by atoms with Crippen LogP contribution in [0.3, 0.4) is 0 Å². The maximum Gasteiger partial charge on any atom is 0.254 e. The Bertz CT molecular complexity index is 603. The highest BCUT2D eigenvalue weighted by atomic mass is 16.4. The molecule has 0 aliphatic carbocycles. The van der Waals surface area contributed by atoms with E-state index in [0.29, 0.717) is 37.6 Å². The van der Waals surface area contributed by atoms with Crippen LogP contribution < -0.4 is 4.90 Å². The van der Waals surface area contributed by atoms with E-state index < -0.39 is 5.54 Å². The number of amides is 2. The fraction of sp³-hybridized carbons (Fsp3) is 0.438. The Kier molecular flexibility index (Phi) is 4.49. The second-order valence-corrected chi connectivity index (χ2v) is 5.66. The molecule has 1 fully saturated rings. The predicted molar refractivity (Wildman–Crippen MR) is 81.4 cm³/mol. The monoisotopic (exact) mass is 304 g/mol. The van der Waals surface area contributed by atoms with Crippen LogP contribution in [-0.4, -0.2) is 41.6 Å². The van der Waals surface area contributed by atoms with Gasteiger partial charge in [-0.2, -0.15) is 0 Å². The first-order chi connectivity index (χ1) is 10.4. The Balaban J connectivity index is 2.19. The van der Waals surface area contributed by atoms with Crippen LogP contribution in [0.15, 0.2) is 29.2 Å². The number of piperazine rings is 1. The molecule has 0 aromatic carbocycles. The molecule has 0 N–H and O–H groups in total. The van der Waals surface area contributed by atoms with E-state index in [1.54, 1.807) is 26.0 Å². The molecule has 1 aromatic rings. The fourth-order valence-corrected chi connectivity index (χ4v) is 2.58. The van der Waals surface area contributed by atoms with E-state index in [0.717, 1.165) is 6.29 Å². The van der Waals surface area contributed by atoms with Crippen molar-refractivity contribution in [1.82, 2.24) is 4.90 Å². The lowest BCUT2D eigenvalue weighted by Gasteiger charge is -2.44. The number of hydrogen-bond acceptors (Lipinski definition) is 4. The van der Waals surface area contributed by atoms with Gasteiger partial charge < -0.3 is 14.1 Å². The van der Waals surface area contributed by atoms with Crippen molar-refractivity contribution in [1.29, 1.82) is 0 Å². The molecule has 0 spiro atoms. The Morgan fingerprint density at radius 1 is 1.41 bits per heavy atom. The van der Waals surface area contributed by atoms with Gasteiger partial charge in [0.15, 0.2) is 0 Å². The van der Waals surface area contributed by atoms with Crippen LogP contribution in [0.2, 0.25) is 0 Å². The van der Waals surface area contributed by atoms with Gasteiger partial charge >= 0.3 is 0 Å². The topological polar surface area (TPSA) is 70.8 Å². The minimum Gasteiger partial charge on any atom is -0.445 e. The summed E-state index contributed by atoms with van der Waals surface area (Å²) in [5, 5.41) is 0. The highest BCUT2D eigenvalue weighted by Gasteiger charge is 2.44. The zero-order valence-corrected chi connectivity index (χ0v) is 12.9. The highest BCUT2D eigenvalue weighted by molar-refractivity contribution is 6.03. The molecule has 6 heteroatoms. The first kappa shape index (κ1) is 16.0. The number of nitrogens with zero attached hydrogens (tertiary/aromatic N) is 2. The largest absolute Gasteiger partial charge is 0.445 e. The average Bonchev–Trinajstić information content (AvgIpc) is 2.95. The van der Waals surface area contributed by atoms with E-state index in [-0.39, 0.29) is 11.8 Å². The minimum atomic E-state index is -0.959. The van der Waals surface area contributed by atoms with Crippen LogP contribution in [0.1, 0.15) is 26.0 Å². The average molecular weight is 304 g/mol. The van der Waals surface area contributed by atoms with E-state index in [9.17, 15) is 14.4 Å². The first-order valence-corrected chi connectivity index (χ1v) is 7.20. The molecule has 6 nitrogen and oxygen atoms in total. The summed E-state index contributed by atoms with van der Waals surface area (Å²) in [7, 11) is 0. The van der Waals surface area contributed by atoms with Gasteiger partial charge in [-0.25, -0.2) is 0 Å². The molecular weight excluding hydrogens is 284 g/mol. The first-order valence-electron chi connectivity index (χ1n) is 7.20. The molecule has 1 aliphatic heterocycles. The Morgan fingerprint density at radius 2 is 2.14 bits per heavy atom. The van der Waals surface area contributed by atoms with E-state index >= 15 is 0 Å². The number of hydrogen-bond donors (Lipinski definition) is 0. The van der Waals surface area contributed by atoms with Crippen molar-refractivity contribution in [3.63, 3.8) is 0 Å². The number of furan rings is 1. The number of aryl methyl sites for hydroxylation is 1. The van der Waals surface area contributed by atoms with Gasteiger partial charge in [0.1, 0.15) is 17.6 Å². The van der Waals surface area contributed by atoms with Gasteiger partial charge in [0.25, 0.3) is 5.91 Å². The summed E-state index contributed by atoms with van der Waals surface area (Å²) in [6.07, 6.45) is 2.94. The van der Waals surface area contributed by atoms with E-state index in [1.807, 2.05) is 0 Å². The van der Waals surface area contributed by atoms with Crippen molar-refractivity contribution in [3.05, 3.63) is 30.5 Å². The number of carbonyl (C=O) groups is 3. The standard InChI is InChI=1S/C16H20N2O4/c1-4-13(20)18-10-9-17(15(21)16(18,2)3)14-8-7-12(22-14)6-5-11-19/h4,7-8,11H,1,5-6,9-10H2,2-3H3. The predicted octanol–water partition coefficient (Wildman–Crippen LogP) is 1.55. The summed E-state index contributed by atoms with van der Waals surface area (Å²) in [5.74, 6) is 0.649. The number of rotatable bonds is 5. The SMILES string of the molecule is C=CC(=O)N1CCN(c2ccc(CCC=O)o2)C(=O)C1(C)C. The van der Waals surface area contributed by atoms with Crippen LogP contribution in [0, 0.1) is 0 Å². The lowest BCUT2D eigenvalue weighted by Crippen LogP contribution is -2.64. The second kappa shape index (κ2) is 6.17. The zero-order valence-electron chi connectivity index (χ0n) is 12.9. The molecule has 0 radical (unpaired) electrons. The van der Waals surface area contributed by atoms with Crippen LogP contribution in [0.4, 0.5) is 5.88 Å². The lowest BCUT2D eigenvalue weighted by molar-refractivity contribution is -0.143. The molecular formula is C16H20N2O4. The third-order valence-electron chi connectivity index (χ3n) is 3.85. The van der Waals surface area contributed by atoms with Crippen LogP contribution in [0.5, 0.6) is 0 Å². The molecule has 2 heterocycles. The van der Waals surface area contributed by atoms with Gasteiger partial charge in [-0.05, 0) is 26.0 Å². The van der Waals surface area contributed by atoms with Crippen molar-refractivity contribution in [2.75, 3.05) is 18.0 Å². The Hall–Kier alpha value is -2.37. The van der Waals surface area contributed by atoms with Crippen LogP contribution in [-0.2, 0) is 20.8 Å². The fourth-order valence-electron chi connectivity index (χ4n) is 2.58. The molecule has 2 rings (SSSR count). The van der Waals surface area contributed by atoms with Crippen molar-refractivity contribution >= 4 is 24.0 Å². The third kappa shape index (κ3) is 2.81. The summed E-state index contributed by atoms with van der Waals surface area (Å²) < 4.78 is 5.63. The minimum absolute atomic E-state index is 0.203. The quantitative estimate of drug-likeness (QED) is 0.611. The van der Waals surface area contributed by atoms with E-state index in [4.69, 9.17) is 4.42 Å². The Morgan fingerprint density at radius 3 is 2.77 bits per heavy atom. The lowest BCUT2D eigenvalue weighted by atomic mass is 9.97. The summed E-state index contributed by atoms with van der Waals surface area (Å²) in [4.78, 5) is 38.0. The van der Waals surface area contributed by atoms with Gasteiger partial charge in [-0.3, -0.25) is 14.5 Å². The summed E-state index contributed by atoms with van der Waals surface area (Å²) in [6.45, 7) is 7.66. The zero-order chi connectivity index (χ0) is 16.3. The third-order valence-corrected chi connectivity index (χ3v) is 3.85. The number of aldehydes is 1. The molecule has 0 unspecified atom stereocenters. The van der Waals surface area contributed by atoms with Gasteiger partial charge in [0.2, 0.25) is 11.8 Å².